The predicted molar refractivity (Wildman–Crippen MR) is 63.9 cm³/mol. The lowest BCUT2D eigenvalue weighted by Gasteiger charge is -2.05. The van der Waals surface area contributed by atoms with Crippen molar-refractivity contribution < 1.29 is 8.78 Å². The first kappa shape index (κ1) is 11.9. The number of hydrogen-bond donors (Lipinski definition) is 1. The Bertz CT molecular complexity index is 518. The Morgan fingerprint density at radius 3 is 2.35 bits per heavy atom. The van der Waals surface area contributed by atoms with Crippen molar-refractivity contribution in [2.45, 2.75) is 16.8 Å². The average molecular weight is 252 g/mol. The zero-order valence-corrected chi connectivity index (χ0v) is 9.89. The molecule has 0 atom stereocenters. The maximum Gasteiger partial charge on any atom is 0.142 e. The van der Waals surface area contributed by atoms with Crippen molar-refractivity contribution in [3.63, 3.8) is 0 Å². The van der Waals surface area contributed by atoms with Gasteiger partial charge in [-0.15, -0.1) is 0 Å². The minimum atomic E-state index is -0.671. The number of anilines is 1. The number of pyridine rings is 1. The zero-order chi connectivity index (χ0) is 12.4. The number of aryl methyl sites for hydroxylation is 1. The summed E-state index contributed by atoms with van der Waals surface area (Å²) in [4.78, 5) is 3.99. The van der Waals surface area contributed by atoms with Crippen molar-refractivity contribution in [1.29, 1.82) is 0 Å². The van der Waals surface area contributed by atoms with Gasteiger partial charge >= 0.3 is 0 Å². The minimum Gasteiger partial charge on any atom is -0.399 e. The van der Waals surface area contributed by atoms with Gasteiger partial charge in [0, 0.05) is 11.9 Å². The van der Waals surface area contributed by atoms with Crippen LogP contribution in [0.2, 0.25) is 0 Å². The number of halogens is 2. The van der Waals surface area contributed by atoms with Crippen LogP contribution in [0.3, 0.4) is 0 Å². The molecule has 0 aliphatic rings. The zero-order valence-electron chi connectivity index (χ0n) is 9.08. The molecule has 0 amide bonds. The van der Waals surface area contributed by atoms with E-state index in [0.29, 0.717) is 5.03 Å². The quantitative estimate of drug-likeness (QED) is 0.832. The molecule has 0 spiro atoms. The fraction of sp³-hybridized carbons (Fsp3) is 0.0833. The summed E-state index contributed by atoms with van der Waals surface area (Å²) >= 11 is 0.942. The third kappa shape index (κ3) is 2.74. The molecule has 2 N–H and O–H groups in total. The fourth-order valence-corrected chi connectivity index (χ4v) is 2.06. The van der Waals surface area contributed by atoms with Gasteiger partial charge in [-0.3, -0.25) is 0 Å². The molecule has 17 heavy (non-hydrogen) atoms. The summed E-state index contributed by atoms with van der Waals surface area (Å²) in [5.74, 6) is -1.34. The highest BCUT2D eigenvalue weighted by Gasteiger charge is 2.12. The molecule has 0 unspecified atom stereocenters. The second kappa shape index (κ2) is 4.71. The van der Waals surface area contributed by atoms with Gasteiger partial charge in [-0.1, -0.05) is 17.8 Å². The molecule has 1 heterocycles. The van der Waals surface area contributed by atoms with Crippen LogP contribution in [0.25, 0.3) is 0 Å². The summed E-state index contributed by atoms with van der Waals surface area (Å²) in [6.07, 6.45) is 1.65. The fourth-order valence-electron chi connectivity index (χ4n) is 1.30. The summed E-state index contributed by atoms with van der Waals surface area (Å²) in [7, 11) is 0. The van der Waals surface area contributed by atoms with Crippen LogP contribution in [-0.4, -0.2) is 4.98 Å². The normalized spacial score (nSPS) is 10.5. The third-order valence-corrected chi connectivity index (χ3v) is 3.16. The van der Waals surface area contributed by atoms with Crippen molar-refractivity contribution in [2.75, 3.05) is 5.73 Å². The number of aromatic nitrogens is 1. The monoisotopic (exact) mass is 252 g/mol. The molecule has 1 aromatic carbocycles. The van der Waals surface area contributed by atoms with E-state index in [4.69, 9.17) is 5.73 Å². The molecule has 0 saturated heterocycles. The van der Waals surface area contributed by atoms with Crippen molar-refractivity contribution >= 4 is 17.4 Å². The largest absolute Gasteiger partial charge is 0.399 e. The summed E-state index contributed by atoms with van der Waals surface area (Å²) < 4.78 is 27.0. The van der Waals surface area contributed by atoms with Gasteiger partial charge in [0.15, 0.2) is 0 Å². The van der Waals surface area contributed by atoms with Crippen LogP contribution in [0.1, 0.15) is 5.56 Å². The van der Waals surface area contributed by atoms with E-state index < -0.39 is 11.6 Å². The average Bonchev–Trinajstić information content (AvgIpc) is 2.26. The molecular formula is C12H10F2N2S. The molecule has 0 bridgehead atoms. The van der Waals surface area contributed by atoms with Gasteiger partial charge in [-0.25, -0.2) is 13.8 Å². The summed E-state index contributed by atoms with van der Waals surface area (Å²) in [5, 5.41) is 0.540. The van der Waals surface area contributed by atoms with E-state index in [0.717, 1.165) is 29.5 Å². The van der Waals surface area contributed by atoms with Crippen molar-refractivity contribution in [3.8, 4) is 0 Å². The van der Waals surface area contributed by atoms with Crippen LogP contribution >= 0.6 is 11.8 Å². The van der Waals surface area contributed by atoms with E-state index >= 15 is 0 Å². The molecule has 0 aliphatic heterocycles. The predicted octanol–water partition coefficient (Wildman–Crippen LogP) is 3.40. The number of hydrogen-bond acceptors (Lipinski definition) is 3. The first-order valence-corrected chi connectivity index (χ1v) is 5.73. The van der Waals surface area contributed by atoms with Crippen molar-refractivity contribution in [1.82, 2.24) is 4.98 Å². The Balaban J connectivity index is 2.33. The van der Waals surface area contributed by atoms with Gasteiger partial charge in [0.25, 0.3) is 0 Å². The summed E-state index contributed by atoms with van der Waals surface area (Å²) in [6.45, 7) is 1.89. The lowest BCUT2D eigenvalue weighted by atomic mass is 10.3. The maximum absolute atomic E-state index is 13.5. The second-order valence-electron chi connectivity index (χ2n) is 3.59. The molecule has 2 rings (SSSR count). The molecule has 1 aromatic heterocycles. The summed E-state index contributed by atoms with van der Waals surface area (Å²) in [5.41, 5.74) is 6.40. The van der Waals surface area contributed by atoms with Crippen LogP contribution < -0.4 is 5.73 Å². The van der Waals surface area contributed by atoms with Crippen LogP contribution in [0.5, 0.6) is 0 Å². The topological polar surface area (TPSA) is 38.9 Å². The van der Waals surface area contributed by atoms with Gasteiger partial charge in [0.2, 0.25) is 0 Å². The van der Waals surface area contributed by atoms with Crippen molar-refractivity contribution in [2.24, 2.45) is 0 Å². The SMILES string of the molecule is Cc1ccc(Sc2c(F)cc(N)cc2F)nc1. The van der Waals surface area contributed by atoms with Gasteiger partial charge in [0.05, 0.1) is 4.90 Å². The Morgan fingerprint density at radius 2 is 1.82 bits per heavy atom. The summed E-state index contributed by atoms with van der Waals surface area (Å²) in [6, 6.07) is 5.75. The lowest BCUT2D eigenvalue weighted by Crippen LogP contribution is -1.93. The van der Waals surface area contributed by atoms with Gasteiger partial charge in [-0.2, -0.15) is 0 Å². The molecule has 2 aromatic rings. The van der Waals surface area contributed by atoms with Gasteiger partial charge in [-0.05, 0) is 30.7 Å². The van der Waals surface area contributed by atoms with E-state index in [9.17, 15) is 8.78 Å². The van der Waals surface area contributed by atoms with E-state index in [1.165, 1.54) is 0 Å². The van der Waals surface area contributed by atoms with E-state index in [1.807, 2.05) is 13.0 Å². The Hall–Kier alpha value is -1.62. The first-order valence-electron chi connectivity index (χ1n) is 4.91. The highest BCUT2D eigenvalue weighted by Crippen LogP contribution is 2.32. The second-order valence-corrected chi connectivity index (χ2v) is 4.62. The highest BCUT2D eigenvalue weighted by molar-refractivity contribution is 7.99. The van der Waals surface area contributed by atoms with Crippen LogP contribution in [0, 0.1) is 18.6 Å². The molecule has 0 radical (unpaired) electrons. The molecule has 5 heteroatoms. The van der Waals surface area contributed by atoms with Gasteiger partial charge in [0.1, 0.15) is 16.7 Å². The maximum atomic E-state index is 13.5. The Labute approximate surface area is 102 Å². The Kier molecular flexibility index (Phi) is 3.28. The van der Waals surface area contributed by atoms with Gasteiger partial charge < -0.3 is 5.73 Å². The molecule has 0 aliphatic carbocycles. The smallest absolute Gasteiger partial charge is 0.142 e. The number of nitrogen functional groups attached to an aromatic ring is 1. The molecular weight excluding hydrogens is 242 g/mol. The molecule has 0 fully saturated rings. The number of rotatable bonds is 2. The van der Waals surface area contributed by atoms with E-state index in [-0.39, 0.29) is 10.6 Å². The third-order valence-electron chi connectivity index (χ3n) is 2.11. The van der Waals surface area contributed by atoms with E-state index in [1.54, 1.807) is 12.3 Å². The number of nitrogens with two attached hydrogens (primary N) is 1. The Morgan fingerprint density at radius 1 is 1.18 bits per heavy atom. The van der Waals surface area contributed by atoms with Crippen LogP contribution in [-0.2, 0) is 0 Å². The van der Waals surface area contributed by atoms with E-state index in [2.05, 4.69) is 4.98 Å². The first-order chi connectivity index (χ1) is 8.06. The van der Waals surface area contributed by atoms with Crippen molar-refractivity contribution in [3.05, 3.63) is 47.7 Å². The minimum absolute atomic E-state index is 0.0706. The number of nitrogens with zero attached hydrogens (tertiary/aromatic N) is 1. The molecule has 88 valence electrons. The highest BCUT2D eigenvalue weighted by atomic mass is 32.2. The van der Waals surface area contributed by atoms with Crippen LogP contribution in [0.4, 0.5) is 14.5 Å². The molecule has 0 saturated carbocycles. The lowest BCUT2D eigenvalue weighted by molar-refractivity contribution is 0.541. The van der Waals surface area contributed by atoms with Crippen LogP contribution in [0.15, 0.2) is 40.4 Å². The molecule has 2 nitrogen and oxygen atoms in total. The number of benzene rings is 1. The standard InChI is InChI=1S/C12H10F2N2S/c1-7-2-3-11(16-6-7)17-12-9(13)4-8(15)5-10(12)14/h2-6H,15H2,1H3.